The van der Waals surface area contributed by atoms with Gasteiger partial charge in [0.05, 0.1) is 25.3 Å². The van der Waals surface area contributed by atoms with Crippen LogP contribution in [-0.2, 0) is 9.59 Å². The fraction of sp³-hybridized carbons (Fsp3) is 0.429. The van der Waals surface area contributed by atoms with Crippen LogP contribution in [-0.4, -0.2) is 43.2 Å². The molecule has 0 bridgehead atoms. The highest BCUT2D eigenvalue weighted by atomic mass is 16.5. The molecule has 2 rings (SSSR count). The van der Waals surface area contributed by atoms with Gasteiger partial charge in [0.25, 0.3) is 5.91 Å². The van der Waals surface area contributed by atoms with Crippen LogP contribution >= 0.6 is 0 Å². The molecule has 0 radical (unpaired) electrons. The Morgan fingerprint density at radius 2 is 2.05 bits per heavy atom. The Kier molecular flexibility index (Phi) is 4.70. The summed E-state index contributed by atoms with van der Waals surface area (Å²) < 4.78 is 5.05. The average Bonchev–Trinajstić information content (AvgIpc) is 2.74. The lowest BCUT2D eigenvalue weighted by Crippen LogP contribution is -2.39. The molecule has 6 heteroatoms. The molecule has 6 nitrogen and oxygen atoms in total. The van der Waals surface area contributed by atoms with Gasteiger partial charge in [-0.3, -0.25) is 9.59 Å². The first-order valence-electron chi connectivity index (χ1n) is 6.52. The highest BCUT2D eigenvalue weighted by molar-refractivity contribution is 6.22. The zero-order valence-electron chi connectivity index (χ0n) is 11.3. The van der Waals surface area contributed by atoms with E-state index in [1.165, 1.54) is 4.90 Å². The molecule has 1 fully saturated rings. The molecule has 0 aromatic heterocycles. The summed E-state index contributed by atoms with van der Waals surface area (Å²) in [6.07, 6.45) is 0.705. The molecule has 0 aliphatic carbocycles. The van der Waals surface area contributed by atoms with Gasteiger partial charge in [-0.25, -0.2) is 4.90 Å². The van der Waals surface area contributed by atoms with E-state index in [0.717, 1.165) is 0 Å². The summed E-state index contributed by atoms with van der Waals surface area (Å²) in [4.78, 5) is 25.4. The molecule has 1 aromatic carbocycles. The van der Waals surface area contributed by atoms with Crippen molar-refractivity contribution < 1.29 is 19.4 Å². The maximum atomic E-state index is 12.2. The first-order valence-corrected chi connectivity index (χ1v) is 6.52. The fourth-order valence-corrected chi connectivity index (χ4v) is 2.15. The second kappa shape index (κ2) is 6.49. The second-order valence-electron chi connectivity index (χ2n) is 4.55. The molecule has 20 heavy (non-hydrogen) atoms. The maximum Gasteiger partial charge on any atom is 0.251 e. The van der Waals surface area contributed by atoms with Crippen LogP contribution < -0.4 is 15.0 Å². The Morgan fingerprint density at radius 1 is 1.35 bits per heavy atom. The molecule has 1 atom stereocenters. The number of aliphatic hydroxyl groups excluding tert-OH is 1. The maximum absolute atomic E-state index is 12.2. The standard InChI is InChI=1S/C14H18N2O4/c1-20-11-5-3-10(4-6-11)16-13(18)9-12(14(16)19)15-7-2-8-17/h3-6,12,15,17H,2,7-9H2,1H3/t12-/m1/s1. The van der Waals surface area contributed by atoms with Crippen LogP contribution in [0.5, 0.6) is 5.75 Å². The van der Waals surface area contributed by atoms with E-state index in [4.69, 9.17) is 9.84 Å². The van der Waals surface area contributed by atoms with Gasteiger partial charge < -0.3 is 15.2 Å². The molecule has 2 N–H and O–H groups in total. The zero-order valence-corrected chi connectivity index (χ0v) is 11.3. The van der Waals surface area contributed by atoms with Crippen molar-refractivity contribution in [3.63, 3.8) is 0 Å². The largest absolute Gasteiger partial charge is 0.497 e. The molecule has 108 valence electrons. The molecule has 1 aliphatic heterocycles. The van der Waals surface area contributed by atoms with Crippen molar-refractivity contribution in [3.8, 4) is 5.75 Å². The molecule has 0 saturated carbocycles. The minimum atomic E-state index is -0.504. The number of nitrogens with zero attached hydrogens (tertiary/aromatic N) is 1. The van der Waals surface area contributed by atoms with Gasteiger partial charge >= 0.3 is 0 Å². The number of amides is 2. The zero-order chi connectivity index (χ0) is 14.5. The fourth-order valence-electron chi connectivity index (χ4n) is 2.15. The van der Waals surface area contributed by atoms with Gasteiger partial charge in [0, 0.05) is 6.61 Å². The average molecular weight is 278 g/mol. The number of nitrogens with one attached hydrogen (secondary N) is 1. The topological polar surface area (TPSA) is 78.9 Å². The van der Waals surface area contributed by atoms with Crippen LogP contribution in [0.15, 0.2) is 24.3 Å². The normalized spacial score (nSPS) is 18.7. The number of anilines is 1. The molecule has 0 unspecified atom stereocenters. The molecule has 0 spiro atoms. The van der Waals surface area contributed by atoms with Crippen LogP contribution in [0, 0.1) is 0 Å². The third-order valence-corrected chi connectivity index (χ3v) is 3.20. The lowest BCUT2D eigenvalue weighted by molar-refractivity contribution is -0.121. The molecule has 1 saturated heterocycles. The Morgan fingerprint density at radius 3 is 2.65 bits per heavy atom. The summed E-state index contributed by atoms with van der Waals surface area (Å²) in [6.45, 7) is 0.570. The van der Waals surface area contributed by atoms with Gasteiger partial charge in [-0.1, -0.05) is 0 Å². The monoisotopic (exact) mass is 278 g/mol. The van der Waals surface area contributed by atoms with E-state index in [-0.39, 0.29) is 24.8 Å². The Bertz CT molecular complexity index is 486. The van der Waals surface area contributed by atoms with E-state index in [0.29, 0.717) is 24.4 Å². The summed E-state index contributed by atoms with van der Waals surface area (Å²) in [5.41, 5.74) is 0.548. The van der Waals surface area contributed by atoms with Crippen molar-refractivity contribution in [2.24, 2.45) is 0 Å². The number of ether oxygens (including phenoxy) is 1. The summed E-state index contributed by atoms with van der Waals surface area (Å²) in [5.74, 6) is 0.199. The minimum absolute atomic E-state index is 0.0596. The van der Waals surface area contributed by atoms with Crippen LogP contribution in [0.25, 0.3) is 0 Å². The quantitative estimate of drug-likeness (QED) is 0.578. The van der Waals surface area contributed by atoms with Crippen molar-refractivity contribution in [2.45, 2.75) is 18.9 Å². The van der Waals surface area contributed by atoms with Crippen LogP contribution in [0.1, 0.15) is 12.8 Å². The molecule has 1 heterocycles. The Labute approximate surface area is 117 Å². The Hall–Kier alpha value is -1.92. The Balaban J connectivity index is 2.07. The molecule has 1 aromatic rings. The summed E-state index contributed by atoms with van der Waals surface area (Å²) in [7, 11) is 1.56. The van der Waals surface area contributed by atoms with Crippen LogP contribution in [0.4, 0.5) is 5.69 Å². The van der Waals surface area contributed by atoms with Gasteiger partial charge in [-0.2, -0.15) is 0 Å². The van der Waals surface area contributed by atoms with E-state index < -0.39 is 6.04 Å². The van der Waals surface area contributed by atoms with Gasteiger partial charge in [0.1, 0.15) is 5.75 Å². The highest BCUT2D eigenvalue weighted by Gasteiger charge is 2.39. The number of benzene rings is 1. The number of hydrogen-bond acceptors (Lipinski definition) is 5. The van der Waals surface area contributed by atoms with Crippen molar-refractivity contribution in [1.29, 1.82) is 0 Å². The third-order valence-electron chi connectivity index (χ3n) is 3.20. The number of imide groups is 1. The molecule has 1 aliphatic rings. The predicted molar refractivity (Wildman–Crippen MR) is 73.6 cm³/mol. The van der Waals surface area contributed by atoms with Gasteiger partial charge in [-0.05, 0) is 37.2 Å². The highest BCUT2D eigenvalue weighted by Crippen LogP contribution is 2.25. The van der Waals surface area contributed by atoms with Crippen molar-refractivity contribution in [3.05, 3.63) is 24.3 Å². The third kappa shape index (κ3) is 2.97. The molecule has 2 amide bonds. The number of aliphatic hydroxyl groups is 1. The number of rotatable bonds is 6. The minimum Gasteiger partial charge on any atom is -0.497 e. The number of methoxy groups -OCH3 is 1. The lowest BCUT2D eigenvalue weighted by Gasteiger charge is -2.15. The van der Waals surface area contributed by atoms with Crippen molar-refractivity contribution in [1.82, 2.24) is 5.32 Å². The number of carbonyl (C=O) groups excluding carboxylic acids is 2. The second-order valence-corrected chi connectivity index (χ2v) is 4.55. The van der Waals surface area contributed by atoms with E-state index >= 15 is 0 Å². The summed E-state index contributed by atoms with van der Waals surface area (Å²) in [6, 6.07) is 6.29. The smallest absolute Gasteiger partial charge is 0.251 e. The van der Waals surface area contributed by atoms with Gasteiger partial charge in [0.15, 0.2) is 0 Å². The first kappa shape index (κ1) is 14.5. The van der Waals surface area contributed by atoms with Crippen LogP contribution in [0.3, 0.4) is 0 Å². The SMILES string of the molecule is COc1ccc(N2C(=O)C[C@@H](NCCCO)C2=O)cc1. The first-order chi connectivity index (χ1) is 9.67. The number of carbonyl (C=O) groups is 2. The van der Waals surface area contributed by atoms with Crippen LogP contribution in [0.2, 0.25) is 0 Å². The van der Waals surface area contributed by atoms with Crippen molar-refractivity contribution in [2.75, 3.05) is 25.2 Å². The predicted octanol–water partition coefficient (Wildman–Crippen LogP) is 0.299. The molecular weight excluding hydrogens is 260 g/mol. The van der Waals surface area contributed by atoms with E-state index in [1.54, 1.807) is 31.4 Å². The summed E-state index contributed by atoms with van der Waals surface area (Å²) >= 11 is 0. The van der Waals surface area contributed by atoms with Gasteiger partial charge in [0.2, 0.25) is 5.91 Å². The number of hydrogen-bond donors (Lipinski definition) is 2. The van der Waals surface area contributed by atoms with Gasteiger partial charge in [-0.15, -0.1) is 0 Å². The molecular formula is C14H18N2O4. The summed E-state index contributed by atoms with van der Waals surface area (Å²) in [5, 5.41) is 11.7. The van der Waals surface area contributed by atoms with Crippen molar-refractivity contribution >= 4 is 17.5 Å². The van der Waals surface area contributed by atoms with E-state index in [1.807, 2.05) is 0 Å². The van der Waals surface area contributed by atoms with E-state index in [9.17, 15) is 9.59 Å². The lowest BCUT2D eigenvalue weighted by atomic mass is 10.2. The van der Waals surface area contributed by atoms with E-state index in [2.05, 4.69) is 5.32 Å².